The smallest absolute Gasteiger partial charge is 0.378 e. The van der Waals surface area contributed by atoms with Gasteiger partial charge in [0.1, 0.15) is 0 Å². The SMILES string of the molecule is CCCn1ncc(Br)c1[C@H](O)C(F)(F)F. The minimum absolute atomic E-state index is 0.167. The number of aromatic nitrogens is 2. The van der Waals surface area contributed by atoms with E-state index in [0.717, 1.165) is 4.68 Å². The average molecular weight is 287 g/mol. The first-order chi connectivity index (χ1) is 6.88. The van der Waals surface area contributed by atoms with Crippen LogP contribution in [0.4, 0.5) is 13.2 Å². The van der Waals surface area contributed by atoms with Crippen LogP contribution in [0.15, 0.2) is 10.7 Å². The topological polar surface area (TPSA) is 38.0 Å². The molecule has 0 aliphatic rings. The lowest BCUT2D eigenvalue weighted by Gasteiger charge is -2.16. The largest absolute Gasteiger partial charge is 0.420 e. The van der Waals surface area contributed by atoms with E-state index in [1.807, 2.05) is 6.92 Å². The first-order valence-electron chi connectivity index (χ1n) is 4.34. The van der Waals surface area contributed by atoms with Gasteiger partial charge in [-0.05, 0) is 22.4 Å². The van der Waals surface area contributed by atoms with Crippen molar-refractivity contribution in [3.05, 3.63) is 16.4 Å². The molecule has 0 aliphatic heterocycles. The van der Waals surface area contributed by atoms with Gasteiger partial charge in [-0.3, -0.25) is 4.68 Å². The lowest BCUT2D eigenvalue weighted by molar-refractivity contribution is -0.209. The molecule has 1 atom stereocenters. The Morgan fingerprint density at radius 1 is 1.60 bits per heavy atom. The Morgan fingerprint density at radius 3 is 2.67 bits per heavy atom. The van der Waals surface area contributed by atoms with E-state index in [1.54, 1.807) is 0 Å². The Labute approximate surface area is 93.0 Å². The molecule has 0 aromatic carbocycles. The molecule has 15 heavy (non-hydrogen) atoms. The molecular weight excluding hydrogens is 277 g/mol. The zero-order valence-corrected chi connectivity index (χ0v) is 9.51. The highest BCUT2D eigenvalue weighted by Gasteiger charge is 2.42. The third-order valence-electron chi connectivity index (χ3n) is 1.84. The third-order valence-corrected chi connectivity index (χ3v) is 2.45. The van der Waals surface area contributed by atoms with Gasteiger partial charge in [0.15, 0.2) is 6.10 Å². The predicted octanol–water partition coefficient (Wildman–Crippen LogP) is 2.65. The lowest BCUT2D eigenvalue weighted by Crippen LogP contribution is -2.23. The van der Waals surface area contributed by atoms with Crippen molar-refractivity contribution < 1.29 is 18.3 Å². The molecule has 0 radical (unpaired) electrons. The number of aliphatic hydroxyl groups excluding tert-OH is 1. The summed E-state index contributed by atoms with van der Waals surface area (Å²) in [7, 11) is 0. The number of hydrogen-bond donors (Lipinski definition) is 1. The normalized spacial score (nSPS) is 14.3. The van der Waals surface area contributed by atoms with Gasteiger partial charge >= 0.3 is 6.18 Å². The Kier molecular flexibility index (Phi) is 3.77. The first-order valence-corrected chi connectivity index (χ1v) is 5.13. The van der Waals surface area contributed by atoms with E-state index in [4.69, 9.17) is 5.11 Å². The summed E-state index contributed by atoms with van der Waals surface area (Å²) in [4.78, 5) is 0. The molecule has 1 rings (SSSR count). The van der Waals surface area contributed by atoms with Crippen molar-refractivity contribution >= 4 is 15.9 Å². The summed E-state index contributed by atoms with van der Waals surface area (Å²) in [5, 5.41) is 12.9. The molecule has 1 aromatic heterocycles. The number of rotatable bonds is 3. The Balaban J connectivity index is 3.06. The van der Waals surface area contributed by atoms with Gasteiger partial charge in [-0.1, -0.05) is 6.92 Å². The van der Waals surface area contributed by atoms with Crippen molar-refractivity contribution in [1.82, 2.24) is 9.78 Å². The van der Waals surface area contributed by atoms with Crippen molar-refractivity contribution in [3.63, 3.8) is 0 Å². The molecule has 0 saturated heterocycles. The fourth-order valence-electron chi connectivity index (χ4n) is 1.19. The molecule has 0 bridgehead atoms. The molecule has 0 unspecified atom stereocenters. The van der Waals surface area contributed by atoms with Crippen molar-refractivity contribution in [1.29, 1.82) is 0 Å². The fraction of sp³-hybridized carbons (Fsp3) is 0.625. The number of nitrogens with zero attached hydrogens (tertiary/aromatic N) is 2. The highest BCUT2D eigenvalue weighted by molar-refractivity contribution is 9.10. The van der Waals surface area contributed by atoms with Crippen LogP contribution in [-0.2, 0) is 6.54 Å². The van der Waals surface area contributed by atoms with Gasteiger partial charge in [-0.2, -0.15) is 18.3 Å². The maximum atomic E-state index is 12.3. The van der Waals surface area contributed by atoms with Crippen LogP contribution in [0.25, 0.3) is 0 Å². The van der Waals surface area contributed by atoms with Crippen molar-refractivity contribution in [2.24, 2.45) is 0 Å². The van der Waals surface area contributed by atoms with E-state index in [-0.39, 0.29) is 10.2 Å². The molecule has 7 heteroatoms. The molecule has 1 N–H and O–H groups in total. The van der Waals surface area contributed by atoms with E-state index in [9.17, 15) is 13.2 Å². The molecule has 1 aromatic rings. The summed E-state index contributed by atoms with van der Waals surface area (Å²) < 4.78 is 38.2. The Bertz CT molecular complexity index is 337. The summed E-state index contributed by atoms with van der Waals surface area (Å²) in [6, 6.07) is 0. The van der Waals surface area contributed by atoms with Gasteiger partial charge in [0.25, 0.3) is 0 Å². The van der Waals surface area contributed by atoms with Crippen molar-refractivity contribution in [3.8, 4) is 0 Å². The summed E-state index contributed by atoms with van der Waals surface area (Å²) in [6.07, 6.45) is -5.28. The van der Waals surface area contributed by atoms with Crippen LogP contribution in [0.5, 0.6) is 0 Å². The number of halogens is 4. The minimum Gasteiger partial charge on any atom is -0.378 e. The van der Waals surface area contributed by atoms with E-state index < -0.39 is 12.3 Å². The Morgan fingerprint density at radius 2 is 2.20 bits per heavy atom. The van der Waals surface area contributed by atoms with Crippen LogP contribution < -0.4 is 0 Å². The van der Waals surface area contributed by atoms with Gasteiger partial charge in [0, 0.05) is 6.54 Å². The highest BCUT2D eigenvalue weighted by Crippen LogP contribution is 2.35. The minimum atomic E-state index is -4.67. The summed E-state index contributed by atoms with van der Waals surface area (Å²) in [5.41, 5.74) is -0.246. The van der Waals surface area contributed by atoms with Crippen LogP contribution in [0, 0.1) is 0 Å². The van der Waals surface area contributed by atoms with Crippen molar-refractivity contribution in [2.75, 3.05) is 0 Å². The van der Waals surface area contributed by atoms with Crippen LogP contribution >= 0.6 is 15.9 Å². The monoisotopic (exact) mass is 286 g/mol. The van der Waals surface area contributed by atoms with Gasteiger partial charge in [-0.15, -0.1) is 0 Å². The van der Waals surface area contributed by atoms with Gasteiger partial charge in [0.2, 0.25) is 0 Å². The fourth-order valence-corrected chi connectivity index (χ4v) is 1.70. The van der Waals surface area contributed by atoms with Crippen molar-refractivity contribution in [2.45, 2.75) is 32.2 Å². The zero-order valence-electron chi connectivity index (χ0n) is 7.92. The molecule has 0 aliphatic carbocycles. The summed E-state index contributed by atoms with van der Waals surface area (Å²) in [6.45, 7) is 2.16. The lowest BCUT2D eigenvalue weighted by atomic mass is 10.2. The molecular formula is C8H10BrF3N2O. The third kappa shape index (κ3) is 2.72. The first kappa shape index (κ1) is 12.5. The van der Waals surface area contributed by atoms with Crippen LogP contribution in [0.3, 0.4) is 0 Å². The van der Waals surface area contributed by atoms with E-state index in [0.29, 0.717) is 13.0 Å². The number of alkyl halides is 3. The maximum Gasteiger partial charge on any atom is 0.420 e. The van der Waals surface area contributed by atoms with E-state index >= 15 is 0 Å². The standard InChI is InChI=1S/C8H10BrF3N2O/c1-2-3-14-6(5(9)4-13-14)7(15)8(10,11)12/h4,7,15H,2-3H2,1H3/t7-/m0/s1. The second-order valence-electron chi connectivity index (χ2n) is 3.05. The predicted molar refractivity (Wildman–Crippen MR) is 51.2 cm³/mol. The van der Waals surface area contributed by atoms with Gasteiger partial charge in [0.05, 0.1) is 16.4 Å². The summed E-state index contributed by atoms with van der Waals surface area (Å²) in [5.74, 6) is 0. The van der Waals surface area contributed by atoms with Crippen LogP contribution in [0.1, 0.15) is 25.1 Å². The second kappa shape index (κ2) is 4.52. The molecule has 3 nitrogen and oxygen atoms in total. The van der Waals surface area contributed by atoms with E-state index in [2.05, 4.69) is 21.0 Å². The zero-order chi connectivity index (χ0) is 11.6. The molecule has 0 amide bonds. The van der Waals surface area contributed by atoms with E-state index in [1.165, 1.54) is 6.20 Å². The average Bonchev–Trinajstić information content (AvgIpc) is 2.45. The highest BCUT2D eigenvalue weighted by atomic mass is 79.9. The van der Waals surface area contributed by atoms with Crippen LogP contribution in [-0.4, -0.2) is 21.1 Å². The van der Waals surface area contributed by atoms with Gasteiger partial charge in [-0.25, -0.2) is 0 Å². The van der Waals surface area contributed by atoms with Crippen LogP contribution in [0.2, 0.25) is 0 Å². The molecule has 0 spiro atoms. The number of hydrogen-bond acceptors (Lipinski definition) is 2. The molecule has 86 valence electrons. The van der Waals surface area contributed by atoms with Gasteiger partial charge < -0.3 is 5.11 Å². The second-order valence-corrected chi connectivity index (χ2v) is 3.90. The maximum absolute atomic E-state index is 12.3. The summed E-state index contributed by atoms with van der Waals surface area (Å²) >= 11 is 2.94. The number of aryl methyl sites for hydroxylation is 1. The molecule has 1 heterocycles. The Hall–Kier alpha value is -0.560. The number of aliphatic hydroxyl groups is 1. The quantitative estimate of drug-likeness (QED) is 0.928. The molecule has 0 fully saturated rings. The molecule has 0 saturated carbocycles.